The second-order valence-electron chi connectivity index (χ2n) is 8.96. The summed E-state index contributed by atoms with van der Waals surface area (Å²) in [5.41, 5.74) is 4.32. The van der Waals surface area contributed by atoms with Crippen molar-refractivity contribution in [1.29, 1.82) is 0 Å². The van der Waals surface area contributed by atoms with Crippen LogP contribution in [-0.4, -0.2) is 52.5 Å². The molecule has 1 aromatic heterocycles. The molecule has 1 fully saturated rings. The Kier molecular flexibility index (Phi) is 5.94. The molecule has 0 amide bonds. The SMILES string of the molecule is CCN1CC([C@@H]2CCCN2C)=CC(Cl)=C1c1ccc(-c2nc3ccc(C(F)(F)F)cc3[nH]2)cc1. The Morgan fingerprint density at radius 1 is 1.12 bits per heavy atom. The minimum atomic E-state index is -4.39. The summed E-state index contributed by atoms with van der Waals surface area (Å²) in [4.78, 5) is 12.2. The molecule has 2 aromatic carbocycles. The topological polar surface area (TPSA) is 35.2 Å². The summed E-state index contributed by atoms with van der Waals surface area (Å²) in [5.74, 6) is 0.531. The molecule has 0 spiro atoms. The van der Waals surface area contributed by atoms with Gasteiger partial charge in [-0.25, -0.2) is 4.98 Å². The van der Waals surface area contributed by atoms with Crippen LogP contribution in [0.3, 0.4) is 0 Å². The van der Waals surface area contributed by atoms with Gasteiger partial charge in [-0.1, -0.05) is 35.9 Å². The summed E-state index contributed by atoms with van der Waals surface area (Å²) >= 11 is 6.81. The third kappa shape index (κ3) is 4.23. The molecule has 0 aliphatic carbocycles. The van der Waals surface area contributed by atoms with E-state index >= 15 is 0 Å². The molecule has 2 aliphatic rings. The molecule has 3 heterocycles. The van der Waals surface area contributed by atoms with Crippen LogP contribution < -0.4 is 0 Å². The number of likely N-dealkylation sites (N-methyl/N-ethyl adjacent to an activating group) is 2. The fourth-order valence-electron chi connectivity index (χ4n) is 5.01. The minimum absolute atomic E-state index is 0.360. The highest BCUT2D eigenvalue weighted by Crippen LogP contribution is 2.36. The van der Waals surface area contributed by atoms with E-state index in [1.165, 1.54) is 18.1 Å². The van der Waals surface area contributed by atoms with Crippen molar-refractivity contribution in [2.24, 2.45) is 0 Å². The maximum atomic E-state index is 13.0. The maximum Gasteiger partial charge on any atom is 0.416 e. The molecule has 34 heavy (non-hydrogen) atoms. The van der Waals surface area contributed by atoms with Crippen LogP contribution in [0.1, 0.15) is 30.9 Å². The summed E-state index contributed by atoms with van der Waals surface area (Å²) in [6.07, 6.45) is 0.108. The van der Waals surface area contributed by atoms with Crippen LogP contribution in [0.4, 0.5) is 13.2 Å². The lowest BCUT2D eigenvalue weighted by Crippen LogP contribution is -2.35. The van der Waals surface area contributed by atoms with Crippen molar-refractivity contribution in [2.75, 3.05) is 26.7 Å². The number of imidazole rings is 1. The van der Waals surface area contributed by atoms with Gasteiger partial charge in [0.15, 0.2) is 0 Å². The molecule has 1 N–H and O–H groups in total. The molecule has 3 aromatic rings. The summed E-state index contributed by atoms with van der Waals surface area (Å²) in [6, 6.07) is 11.8. The van der Waals surface area contributed by atoms with Crippen LogP contribution in [-0.2, 0) is 6.18 Å². The van der Waals surface area contributed by atoms with Crippen molar-refractivity contribution in [3.8, 4) is 11.4 Å². The van der Waals surface area contributed by atoms with E-state index < -0.39 is 11.7 Å². The Balaban J connectivity index is 1.45. The van der Waals surface area contributed by atoms with Crippen LogP contribution in [0.5, 0.6) is 0 Å². The van der Waals surface area contributed by atoms with Gasteiger partial charge in [0, 0.05) is 24.7 Å². The second-order valence-corrected chi connectivity index (χ2v) is 9.37. The number of nitrogens with one attached hydrogen (secondary N) is 1. The van der Waals surface area contributed by atoms with Crippen molar-refractivity contribution >= 4 is 28.3 Å². The molecule has 5 rings (SSSR count). The first-order valence-corrected chi connectivity index (χ1v) is 11.9. The van der Waals surface area contributed by atoms with Crippen molar-refractivity contribution in [3.63, 3.8) is 0 Å². The van der Waals surface area contributed by atoms with E-state index in [4.69, 9.17) is 11.6 Å². The molecule has 0 unspecified atom stereocenters. The first-order chi connectivity index (χ1) is 16.2. The number of rotatable bonds is 4. The average molecular weight is 487 g/mol. The fourth-order valence-corrected chi connectivity index (χ4v) is 5.38. The van der Waals surface area contributed by atoms with Gasteiger partial charge >= 0.3 is 6.18 Å². The molecule has 2 aliphatic heterocycles. The zero-order valence-electron chi connectivity index (χ0n) is 19.1. The molecule has 8 heteroatoms. The summed E-state index contributed by atoms with van der Waals surface area (Å²) < 4.78 is 39.1. The van der Waals surface area contributed by atoms with Crippen molar-refractivity contribution in [3.05, 3.63) is 70.3 Å². The average Bonchev–Trinajstić information content (AvgIpc) is 3.43. The molecule has 0 saturated carbocycles. The number of allylic oxidation sites excluding steroid dienone is 2. The normalized spacial score (nSPS) is 19.9. The number of hydrogen-bond acceptors (Lipinski definition) is 3. The van der Waals surface area contributed by atoms with E-state index in [1.807, 2.05) is 24.3 Å². The van der Waals surface area contributed by atoms with Crippen molar-refractivity contribution in [1.82, 2.24) is 19.8 Å². The molecule has 4 nitrogen and oxygen atoms in total. The third-order valence-corrected chi connectivity index (χ3v) is 7.09. The van der Waals surface area contributed by atoms with Gasteiger partial charge in [-0.3, -0.25) is 4.90 Å². The van der Waals surface area contributed by atoms with Gasteiger partial charge in [0.25, 0.3) is 0 Å². The van der Waals surface area contributed by atoms with Crippen molar-refractivity contribution in [2.45, 2.75) is 32.0 Å². The van der Waals surface area contributed by atoms with E-state index in [9.17, 15) is 13.2 Å². The number of halogens is 4. The van der Waals surface area contributed by atoms with Gasteiger partial charge in [0.1, 0.15) is 5.82 Å². The number of fused-ring (bicyclic) bond motifs is 1. The summed E-state index contributed by atoms with van der Waals surface area (Å²) in [5, 5.41) is 0.736. The van der Waals surface area contributed by atoms with Crippen LogP contribution in [0.2, 0.25) is 0 Å². The Morgan fingerprint density at radius 3 is 2.50 bits per heavy atom. The van der Waals surface area contributed by atoms with Gasteiger partial charge in [0.2, 0.25) is 0 Å². The predicted octanol–water partition coefficient (Wildman–Crippen LogP) is 6.51. The first-order valence-electron chi connectivity index (χ1n) is 11.5. The lowest BCUT2D eigenvalue weighted by atomic mass is 9.97. The second kappa shape index (κ2) is 8.78. The highest BCUT2D eigenvalue weighted by atomic mass is 35.5. The molecule has 0 bridgehead atoms. The van der Waals surface area contributed by atoms with E-state index in [0.29, 0.717) is 22.9 Å². The van der Waals surface area contributed by atoms with Crippen LogP contribution >= 0.6 is 11.6 Å². The maximum absolute atomic E-state index is 13.0. The number of H-pyrrole nitrogens is 1. The van der Waals surface area contributed by atoms with Gasteiger partial charge in [0.05, 0.1) is 27.3 Å². The lowest BCUT2D eigenvalue weighted by molar-refractivity contribution is -0.137. The summed E-state index contributed by atoms with van der Waals surface area (Å²) in [7, 11) is 2.17. The van der Waals surface area contributed by atoms with E-state index in [2.05, 4.69) is 39.8 Å². The number of alkyl halides is 3. The van der Waals surface area contributed by atoms with Gasteiger partial charge in [-0.05, 0) is 68.8 Å². The first kappa shape index (κ1) is 23.0. The Bertz CT molecular complexity index is 1270. The number of aromatic nitrogens is 2. The van der Waals surface area contributed by atoms with Gasteiger partial charge in [-0.2, -0.15) is 13.2 Å². The zero-order chi connectivity index (χ0) is 24.0. The highest BCUT2D eigenvalue weighted by molar-refractivity contribution is 6.34. The molecule has 0 radical (unpaired) electrons. The summed E-state index contributed by atoms with van der Waals surface area (Å²) in [6.45, 7) is 4.93. The van der Waals surface area contributed by atoms with Crippen LogP contribution in [0, 0.1) is 0 Å². The van der Waals surface area contributed by atoms with E-state index in [1.54, 1.807) is 0 Å². The number of benzene rings is 2. The Labute approximate surface area is 201 Å². The van der Waals surface area contributed by atoms with E-state index in [-0.39, 0.29) is 0 Å². The monoisotopic (exact) mass is 486 g/mol. The smallest absolute Gasteiger partial charge is 0.366 e. The molecule has 1 saturated heterocycles. The number of likely N-dealkylation sites (tertiary alicyclic amines) is 1. The molecule has 1 atom stereocenters. The van der Waals surface area contributed by atoms with Gasteiger partial charge in [-0.15, -0.1) is 0 Å². The quantitative estimate of drug-likeness (QED) is 0.456. The number of aromatic amines is 1. The predicted molar refractivity (Wildman–Crippen MR) is 130 cm³/mol. The number of nitrogens with zero attached hydrogens (tertiary/aromatic N) is 3. The van der Waals surface area contributed by atoms with Crippen molar-refractivity contribution < 1.29 is 13.2 Å². The lowest BCUT2D eigenvalue weighted by Gasteiger charge is -2.35. The standard InChI is InChI=1S/C26H26ClF3N4/c1-3-34-15-18(23-5-4-12-33(23)2)13-20(27)24(34)16-6-8-17(9-7-16)25-31-21-11-10-19(26(28,29)30)14-22(21)32-25/h6-11,13-14,23H,3-5,12,15H2,1-2H3,(H,31,32)/t23-/m0/s1. The number of hydrogen-bond donors (Lipinski definition) is 1. The fraction of sp³-hybridized carbons (Fsp3) is 0.346. The molecular weight excluding hydrogens is 461 g/mol. The Hall–Kier alpha value is -2.77. The van der Waals surface area contributed by atoms with Crippen LogP contribution in [0.25, 0.3) is 28.1 Å². The Morgan fingerprint density at radius 2 is 1.85 bits per heavy atom. The van der Waals surface area contributed by atoms with Gasteiger partial charge < -0.3 is 9.88 Å². The van der Waals surface area contributed by atoms with E-state index in [0.717, 1.165) is 60.0 Å². The van der Waals surface area contributed by atoms with Crippen LogP contribution in [0.15, 0.2) is 59.1 Å². The largest absolute Gasteiger partial charge is 0.416 e. The molecular formula is C26H26ClF3N4. The highest BCUT2D eigenvalue weighted by Gasteiger charge is 2.31. The minimum Gasteiger partial charge on any atom is -0.366 e. The molecule has 178 valence electrons. The third-order valence-electron chi connectivity index (χ3n) is 6.80. The zero-order valence-corrected chi connectivity index (χ0v) is 19.8.